The quantitative estimate of drug-likeness (QED) is 0.658. The number of rotatable bonds is 8. The predicted molar refractivity (Wildman–Crippen MR) is 104 cm³/mol. The SMILES string of the molecule is CC(C)C[C@@H](NC(=O)c1cccnc1SC(C)C(=O)N1CCCC1)C(=O)O. The number of nitrogens with zero attached hydrogens (tertiary/aromatic N) is 2. The highest BCUT2D eigenvalue weighted by Gasteiger charge is 2.27. The molecule has 1 unspecified atom stereocenters. The van der Waals surface area contributed by atoms with E-state index in [2.05, 4.69) is 10.3 Å². The number of likely N-dealkylation sites (tertiary alicyclic amines) is 1. The fourth-order valence-corrected chi connectivity index (χ4v) is 3.99. The molecule has 1 saturated heterocycles. The van der Waals surface area contributed by atoms with Crippen LogP contribution >= 0.6 is 11.8 Å². The van der Waals surface area contributed by atoms with Gasteiger partial charge in [-0.05, 0) is 44.2 Å². The van der Waals surface area contributed by atoms with Crippen LogP contribution in [0.4, 0.5) is 0 Å². The smallest absolute Gasteiger partial charge is 0.326 e. The van der Waals surface area contributed by atoms with E-state index in [1.165, 1.54) is 11.8 Å². The Balaban J connectivity index is 2.10. The number of carboxylic acid groups (broad SMARTS) is 1. The minimum atomic E-state index is -1.06. The Kier molecular flexibility index (Phi) is 7.65. The number of aliphatic carboxylic acids is 1. The van der Waals surface area contributed by atoms with Crippen LogP contribution < -0.4 is 5.32 Å². The van der Waals surface area contributed by atoms with Crippen molar-refractivity contribution in [2.45, 2.75) is 56.4 Å². The molecule has 7 nitrogen and oxygen atoms in total. The standard InChI is InChI=1S/C19H27N3O4S/c1-12(2)11-15(19(25)26)21-16(23)14-7-6-8-20-17(14)27-13(3)18(24)22-9-4-5-10-22/h6-8,12-13,15H,4-5,9-11H2,1-3H3,(H,21,23)(H,25,26)/t13?,15-/m1/s1. The van der Waals surface area contributed by atoms with Crippen LogP contribution in [0.25, 0.3) is 0 Å². The number of carboxylic acids is 1. The van der Waals surface area contributed by atoms with Crippen LogP contribution in [0.2, 0.25) is 0 Å². The van der Waals surface area contributed by atoms with E-state index in [1.807, 2.05) is 18.7 Å². The molecule has 2 rings (SSSR count). The van der Waals surface area contributed by atoms with Gasteiger partial charge in [0, 0.05) is 19.3 Å². The van der Waals surface area contributed by atoms with Crippen molar-refractivity contribution in [2.24, 2.45) is 5.92 Å². The van der Waals surface area contributed by atoms with Crippen LogP contribution in [0.5, 0.6) is 0 Å². The first-order valence-electron chi connectivity index (χ1n) is 9.23. The van der Waals surface area contributed by atoms with Gasteiger partial charge >= 0.3 is 5.97 Å². The van der Waals surface area contributed by atoms with Gasteiger partial charge in [-0.25, -0.2) is 9.78 Å². The molecule has 0 aromatic carbocycles. The second-order valence-electron chi connectivity index (χ2n) is 7.14. The molecule has 148 valence electrons. The largest absolute Gasteiger partial charge is 0.480 e. The molecule has 2 heterocycles. The maximum absolute atomic E-state index is 12.6. The molecule has 27 heavy (non-hydrogen) atoms. The lowest BCUT2D eigenvalue weighted by atomic mass is 10.0. The highest BCUT2D eigenvalue weighted by molar-refractivity contribution is 8.00. The van der Waals surface area contributed by atoms with Gasteiger partial charge in [-0.3, -0.25) is 9.59 Å². The van der Waals surface area contributed by atoms with Gasteiger partial charge in [-0.2, -0.15) is 0 Å². The lowest BCUT2D eigenvalue weighted by Gasteiger charge is -2.21. The molecular formula is C19H27N3O4S. The Morgan fingerprint density at radius 1 is 1.26 bits per heavy atom. The van der Waals surface area contributed by atoms with Crippen LogP contribution in [0, 0.1) is 5.92 Å². The fourth-order valence-electron chi connectivity index (χ4n) is 3.00. The first-order chi connectivity index (χ1) is 12.8. The molecule has 1 aliphatic heterocycles. The lowest BCUT2D eigenvalue weighted by Crippen LogP contribution is -2.42. The van der Waals surface area contributed by atoms with E-state index < -0.39 is 17.9 Å². The molecular weight excluding hydrogens is 366 g/mol. The molecule has 8 heteroatoms. The first-order valence-corrected chi connectivity index (χ1v) is 10.1. The molecule has 1 fully saturated rings. The summed E-state index contributed by atoms with van der Waals surface area (Å²) < 4.78 is 0. The van der Waals surface area contributed by atoms with Gasteiger partial charge in [-0.1, -0.05) is 25.6 Å². The number of carbonyl (C=O) groups excluding carboxylic acids is 2. The van der Waals surface area contributed by atoms with E-state index in [4.69, 9.17) is 0 Å². The Hall–Kier alpha value is -2.09. The van der Waals surface area contributed by atoms with Gasteiger partial charge < -0.3 is 15.3 Å². The second-order valence-corrected chi connectivity index (χ2v) is 8.47. The third-order valence-corrected chi connectivity index (χ3v) is 5.48. The zero-order chi connectivity index (χ0) is 20.0. The van der Waals surface area contributed by atoms with Gasteiger partial charge in [0.1, 0.15) is 11.1 Å². The lowest BCUT2D eigenvalue weighted by molar-refractivity contribution is -0.139. The summed E-state index contributed by atoms with van der Waals surface area (Å²) in [6, 6.07) is 2.27. The molecule has 1 aromatic heterocycles. The average Bonchev–Trinajstić information content (AvgIpc) is 3.14. The zero-order valence-corrected chi connectivity index (χ0v) is 16.8. The number of hydrogen-bond acceptors (Lipinski definition) is 5. The summed E-state index contributed by atoms with van der Waals surface area (Å²) in [5.74, 6) is -1.38. The molecule has 1 aromatic rings. The van der Waals surface area contributed by atoms with Gasteiger partial charge in [0.2, 0.25) is 5.91 Å². The number of amides is 2. The molecule has 0 aliphatic carbocycles. The first kappa shape index (κ1) is 21.2. The summed E-state index contributed by atoms with van der Waals surface area (Å²) in [6.07, 6.45) is 3.95. The van der Waals surface area contributed by atoms with Crippen LogP contribution in [0.3, 0.4) is 0 Å². The Morgan fingerprint density at radius 2 is 1.93 bits per heavy atom. The third kappa shape index (κ3) is 5.95. The van der Waals surface area contributed by atoms with Crippen LogP contribution in [-0.4, -0.2) is 57.2 Å². The monoisotopic (exact) mass is 393 g/mol. The van der Waals surface area contributed by atoms with Gasteiger partial charge in [-0.15, -0.1) is 0 Å². The summed E-state index contributed by atoms with van der Waals surface area (Å²) >= 11 is 1.23. The van der Waals surface area contributed by atoms with Crippen molar-refractivity contribution in [3.8, 4) is 0 Å². The summed E-state index contributed by atoms with van der Waals surface area (Å²) in [5.41, 5.74) is 0.290. The van der Waals surface area contributed by atoms with Gasteiger partial charge in [0.15, 0.2) is 0 Å². The van der Waals surface area contributed by atoms with E-state index in [-0.39, 0.29) is 17.1 Å². The van der Waals surface area contributed by atoms with Crippen molar-refractivity contribution in [3.05, 3.63) is 23.9 Å². The van der Waals surface area contributed by atoms with E-state index in [0.29, 0.717) is 17.0 Å². The van der Waals surface area contributed by atoms with Gasteiger partial charge in [0.25, 0.3) is 5.91 Å². The van der Waals surface area contributed by atoms with E-state index in [1.54, 1.807) is 25.3 Å². The minimum Gasteiger partial charge on any atom is -0.480 e. The van der Waals surface area contributed by atoms with Crippen molar-refractivity contribution in [2.75, 3.05) is 13.1 Å². The molecule has 0 bridgehead atoms. The molecule has 0 saturated carbocycles. The fraction of sp³-hybridized carbons (Fsp3) is 0.579. The number of nitrogens with one attached hydrogen (secondary N) is 1. The van der Waals surface area contributed by atoms with Gasteiger partial charge in [0.05, 0.1) is 10.8 Å². The number of pyridine rings is 1. The summed E-state index contributed by atoms with van der Waals surface area (Å²) in [6.45, 7) is 7.16. The van der Waals surface area contributed by atoms with Crippen LogP contribution in [0.1, 0.15) is 50.4 Å². The predicted octanol–water partition coefficient (Wildman–Crippen LogP) is 2.41. The van der Waals surface area contributed by atoms with Crippen molar-refractivity contribution in [3.63, 3.8) is 0 Å². The highest BCUT2D eigenvalue weighted by atomic mass is 32.2. The topological polar surface area (TPSA) is 99.6 Å². The minimum absolute atomic E-state index is 0.0396. The molecule has 2 N–H and O–H groups in total. The highest BCUT2D eigenvalue weighted by Crippen LogP contribution is 2.27. The van der Waals surface area contributed by atoms with E-state index >= 15 is 0 Å². The number of aromatic nitrogens is 1. The van der Waals surface area contributed by atoms with Crippen molar-refractivity contribution in [1.29, 1.82) is 0 Å². The molecule has 1 aliphatic rings. The summed E-state index contributed by atoms with van der Waals surface area (Å²) in [7, 11) is 0. The Bertz CT molecular complexity index is 689. The zero-order valence-electron chi connectivity index (χ0n) is 16.0. The van der Waals surface area contributed by atoms with Crippen molar-refractivity contribution >= 4 is 29.5 Å². The normalized spacial score (nSPS) is 16.2. The number of thioether (sulfide) groups is 1. The second kappa shape index (κ2) is 9.73. The van der Waals surface area contributed by atoms with Crippen molar-refractivity contribution in [1.82, 2.24) is 15.2 Å². The molecule has 0 radical (unpaired) electrons. The molecule has 2 atom stereocenters. The Morgan fingerprint density at radius 3 is 2.52 bits per heavy atom. The van der Waals surface area contributed by atoms with E-state index in [9.17, 15) is 19.5 Å². The van der Waals surface area contributed by atoms with E-state index in [0.717, 1.165) is 25.9 Å². The van der Waals surface area contributed by atoms with Crippen molar-refractivity contribution < 1.29 is 19.5 Å². The summed E-state index contributed by atoms with van der Waals surface area (Å²) in [4.78, 5) is 42.7. The average molecular weight is 394 g/mol. The Labute approximate surface area is 163 Å². The summed E-state index contributed by atoms with van der Waals surface area (Å²) in [5, 5.41) is 12.0. The number of carbonyl (C=O) groups is 3. The number of hydrogen-bond donors (Lipinski definition) is 2. The van der Waals surface area contributed by atoms with Crippen LogP contribution in [0.15, 0.2) is 23.4 Å². The maximum atomic E-state index is 12.6. The van der Waals surface area contributed by atoms with Crippen LogP contribution in [-0.2, 0) is 9.59 Å². The molecule has 2 amide bonds. The molecule has 0 spiro atoms. The maximum Gasteiger partial charge on any atom is 0.326 e. The third-order valence-electron chi connectivity index (χ3n) is 4.38.